The quantitative estimate of drug-likeness (QED) is 0.133. The Labute approximate surface area is 286 Å². The summed E-state index contributed by atoms with van der Waals surface area (Å²) in [6.45, 7) is 22.0. The van der Waals surface area contributed by atoms with Crippen molar-refractivity contribution in [1.82, 2.24) is 4.98 Å². The molecule has 1 aromatic heterocycles. The van der Waals surface area contributed by atoms with Gasteiger partial charge in [-0.15, -0.1) is 0 Å². The standard InChI is InChI=1S/C33H43N3.C7H6O2.Fe/c1-20(2)26-14-11-15-27(21(3)4)32(26)34-24(9)30-18-13-19-31(36-30)25(10)35-33-28(22(5)6)16-12-17-29(33)23(7)8;8-7(9)6-4-2-1-3-5-6;/h11-23H,1-10H3;1-5H,(H,8,9);/p-1. The van der Waals surface area contributed by atoms with Crippen molar-refractivity contribution in [3.63, 3.8) is 0 Å². The fourth-order valence-corrected chi connectivity index (χ4v) is 5.14. The third-order valence-corrected chi connectivity index (χ3v) is 7.74. The number of carbonyl (C=O) groups is 1. The summed E-state index contributed by atoms with van der Waals surface area (Å²) < 4.78 is 0. The number of carboxylic acids is 1. The number of aromatic carboxylic acids is 1. The van der Waals surface area contributed by atoms with E-state index in [0.29, 0.717) is 23.7 Å². The smallest absolute Gasteiger partial charge is 0.0849 e. The molecule has 0 fully saturated rings. The van der Waals surface area contributed by atoms with Crippen molar-refractivity contribution in [3.8, 4) is 0 Å². The van der Waals surface area contributed by atoms with Crippen molar-refractivity contribution in [2.45, 2.75) is 92.9 Å². The van der Waals surface area contributed by atoms with Crippen molar-refractivity contribution >= 4 is 28.8 Å². The van der Waals surface area contributed by atoms with Crippen LogP contribution in [0.25, 0.3) is 0 Å². The molecule has 0 aliphatic rings. The van der Waals surface area contributed by atoms with E-state index in [2.05, 4.69) is 112 Å². The van der Waals surface area contributed by atoms with Crippen LogP contribution in [0.4, 0.5) is 11.4 Å². The summed E-state index contributed by atoms with van der Waals surface area (Å²) >= 11 is 0. The number of pyridine rings is 1. The Hall–Kier alpha value is -3.86. The van der Waals surface area contributed by atoms with Gasteiger partial charge in [-0.05, 0) is 77.5 Å². The van der Waals surface area contributed by atoms with Crippen LogP contribution >= 0.6 is 0 Å². The maximum atomic E-state index is 10.1. The number of aliphatic imine (C=N–C) groups is 2. The monoisotopic (exact) mass is 658 g/mol. The average Bonchev–Trinajstić information content (AvgIpc) is 3.01. The van der Waals surface area contributed by atoms with Gasteiger partial charge in [-0.1, -0.05) is 128 Å². The Morgan fingerprint density at radius 1 is 0.543 bits per heavy atom. The molecule has 4 rings (SSSR count). The predicted octanol–water partition coefficient (Wildman–Crippen LogP) is 9.90. The second-order valence-electron chi connectivity index (χ2n) is 12.6. The van der Waals surface area contributed by atoms with E-state index in [-0.39, 0.29) is 22.6 Å². The molecule has 0 N–H and O–H groups in total. The van der Waals surface area contributed by atoms with Gasteiger partial charge in [0.2, 0.25) is 0 Å². The van der Waals surface area contributed by atoms with E-state index in [9.17, 15) is 9.90 Å². The first-order valence-electron chi connectivity index (χ1n) is 15.9. The molecular weight excluding hydrogens is 610 g/mol. The summed E-state index contributed by atoms with van der Waals surface area (Å²) in [6.07, 6.45) is 0. The second kappa shape index (κ2) is 17.7. The zero-order valence-corrected chi connectivity index (χ0v) is 30.0. The van der Waals surface area contributed by atoms with Gasteiger partial charge in [0.1, 0.15) is 0 Å². The molecule has 0 amide bonds. The van der Waals surface area contributed by atoms with E-state index >= 15 is 0 Å². The Bertz CT molecular complexity index is 1510. The molecule has 0 bridgehead atoms. The number of carboxylic acid groups (broad SMARTS) is 1. The molecule has 244 valence electrons. The molecular formula is C40H48FeN3O2-. The number of nitrogens with zero attached hydrogens (tertiary/aromatic N) is 3. The van der Waals surface area contributed by atoms with Crippen molar-refractivity contribution in [1.29, 1.82) is 0 Å². The molecule has 0 saturated heterocycles. The molecule has 3 aromatic carbocycles. The molecule has 5 nitrogen and oxygen atoms in total. The predicted molar refractivity (Wildman–Crippen MR) is 188 cm³/mol. The number of rotatable bonds is 9. The molecule has 1 heterocycles. The van der Waals surface area contributed by atoms with Crippen LogP contribution in [0, 0.1) is 0 Å². The van der Waals surface area contributed by atoms with Crippen LogP contribution in [-0.4, -0.2) is 22.4 Å². The Kier molecular flexibility index (Phi) is 14.8. The molecule has 0 spiro atoms. The number of aromatic nitrogens is 1. The van der Waals surface area contributed by atoms with Gasteiger partial charge in [-0.3, -0.25) is 9.98 Å². The third-order valence-electron chi connectivity index (χ3n) is 7.74. The number of hydrogen-bond donors (Lipinski definition) is 0. The minimum absolute atomic E-state index is 0. The van der Waals surface area contributed by atoms with Gasteiger partial charge in [0, 0.05) is 17.1 Å². The molecule has 0 aliphatic heterocycles. The van der Waals surface area contributed by atoms with E-state index in [1.54, 1.807) is 18.2 Å². The van der Waals surface area contributed by atoms with Crippen LogP contribution < -0.4 is 5.11 Å². The van der Waals surface area contributed by atoms with Gasteiger partial charge in [0.25, 0.3) is 0 Å². The summed E-state index contributed by atoms with van der Waals surface area (Å²) in [4.78, 5) is 25.4. The van der Waals surface area contributed by atoms with Crippen LogP contribution in [0.3, 0.4) is 0 Å². The van der Waals surface area contributed by atoms with Gasteiger partial charge in [0.05, 0.1) is 40.2 Å². The van der Waals surface area contributed by atoms with Crippen LogP contribution in [0.1, 0.15) is 137 Å². The third kappa shape index (κ3) is 10.1. The topological polar surface area (TPSA) is 77.7 Å². The van der Waals surface area contributed by atoms with Crippen LogP contribution in [0.5, 0.6) is 0 Å². The van der Waals surface area contributed by atoms with Crippen molar-refractivity contribution < 1.29 is 27.0 Å². The van der Waals surface area contributed by atoms with Gasteiger partial charge < -0.3 is 9.90 Å². The fraction of sp³-hybridized carbons (Fsp3) is 0.350. The van der Waals surface area contributed by atoms with Crippen LogP contribution in [0.2, 0.25) is 0 Å². The second-order valence-corrected chi connectivity index (χ2v) is 12.6. The number of carbonyl (C=O) groups excluding carboxylic acids is 1. The number of para-hydroxylation sites is 2. The molecule has 0 unspecified atom stereocenters. The van der Waals surface area contributed by atoms with Gasteiger partial charge in [0.15, 0.2) is 0 Å². The first-order valence-corrected chi connectivity index (χ1v) is 15.9. The van der Waals surface area contributed by atoms with Gasteiger partial charge >= 0.3 is 0 Å². The van der Waals surface area contributed by atoms with E-state index in [1.165, 1.54) is 34.4 Å². The summed E-state index contributed by atoms with van der Waals surface area (Å²) in [5, 5.41) is 10.1. The molecule has 4 aromatic rings. The average molecular weight is 659 g/mol. The Morgan fingerprint density at radius 2 is 0.870 bits per heavy atom. The normalized spacial score (nSPS) is 11.9. The number of hydrogen-bond acceptors (Lipinski definition) is 5. The Balaban J connectivity index is 0.000000633. The summed E-state index contributed by atoms with van der Waals surface area (Å²) in [7, 11) is 0. The summed E-state index contributed by atoms with van der Waals surface area (Å²) in [5.74, 6) is 0.482. The zero-order valence-electron chi connectivity index (χ0n) is 28.9. The van der Waals surface area contributed by atoms with Crippen molar-refractivity contribution in [2.75, 3.05) is 0 Å². The summed E-state index contributed by atoms with van der Waals surface area (Å²) in [6, 6.07) is 27.3. The maximum absolute atomic E-state index is 10.1. The van der Waals surface area contributed by atoms with Gasteiger partial charge in [-0.2, -0.15) is 0 Å². The molecule has 0 saturated carbocycles. The Morgan fingerprint density at radius 3 is 1.15 bits per heavy atom. The first-order chi connectivity index (χ1) is 21.3. The minimum Gasteiger partial charge on any atom is -0.545 e. The molecule has 46 heavy (non-hydrogen) atoms. The van der Waals surface area contributed by atoms with E-state index in [1.807, 2.05) is 12.1 Å². The fourth-order valence-electron chi connectivity index (χ4n) is 5.14. The first kappa shape index (κ1) is 38.3. The largest absolute Gasteiger partial charge is 0.545 e. The van der Waals surface area contributed by atoms with Gasteiger partial charge in [-0.25, -0.2) is 4.98 Å². The molecule has 0 radical (unpaired) electrons. The van der Waals surface area contributed by atoms with E-state index < -0.39 is 5.97 Å². The molecule has 0 atom stereocenters. The summed E-state index contributed by atoms with van der Waals surface area (Å²) in [5.41, 5.74) is 11.1. The minimum atomic E-state index is -1.13. The molecule has 0 aliphatic carbocycles. The zero-order chi connectivity index (χ0) is 33.3. The molecule has 6 heteroatoms. The maximum Gasteiger partial charge on any atom is 0.0849 e. The van der Waals surface area contributed by atoms with Crippen LogP contribution in [0.15, 0.2) is 94.9 Å². The SMILES string of the molecule is CC(=Nc1c(C(C)C)cccc1C(C)C)c1cccc(C(C)=Nc2c(C(C)C)cccc2C(C)C)n1.O=C([O-])c1ccccc1.[Fe]. The number of benzene rings is 3. The van der Waals surface area contributed by atoms with E-state index in [4.69, 9.17) is 15.0 Å². The van der Waals surface area contributed by atoms with E-state index in [0.717, 1.165) is 34.2 Å². The van der Waals surface area contributed by atoms with Crippen molar-refractivity contribution in [3.05, 3.63) is 124 Å². The van der Waals surface area contributed by atoms with Crippen molar-refractivity contribution in [2.24, 2.45) is 9.98 Å². The van der Waals surface area contributed by atoms with Crippen LogP contribution in [-0.2, 0) is 17.1 Å².